The Hall–Kier alpha value is -2.99. The zero-order valence-electron chi connectivity index (χ0n) is 14.1. The Bertz CT molecular complexity index is 1100. The van der Waals surface area contributed by atoms with Crippen LogP contribution in [-0.2, 0) is 21.5 Å². The molecule has 6 heteroatoms. The molecule has 1 unspecified atom stereocenters. The minimum absolute atomic E-state index is 0.310. The fourth-order valence-electron chi connectivity index (χ4n) is 4.37. The lowest BCUT2D eigenvalue weighted by Crippen LogP contribution is -2.55. The van der Waals surface area contributed by atoms with Crippen molar-refractivity contribution < 1.29 is 14.0 Å². The summed E-state index contributed by atoms with van der Waals surface area (Å²) in [6.07, 6.45) is 0.677. The van der Waals surface area contributed by atoms with E-state index in [-0.39, 0.29) is 17.6 Å². The Kier molecular flexibility index (Phi) is 2.95. The maximum Gasteiger partial charge on any atom is 0.264 e. The van der Waals surface area contributed by atoms with E-state index in [9.17, 15) is 14.0 Å². The summed E-state index contributed by atoms with van der Waals surface area (Å²) in [6, 6.07) is 11.9. The van der Waals surface area contributed by atoms with Crippen molar-refractivity contribution in [2.24, 2.45) is 0 Å². The first kappa shape index (κ1) is 15.3. The predicted molar refractivity (Wildman–Crippen MR) is 95.4 cm³/mol. The highest BCUT2D eigenvalue weighted by atomic mass is 19.1. The molecule has 2 amide bonds. The second-order valence-electron chi connectivity index (χ2n) is 6.77. The van der Waals surface area contributed by atoms with Crippen molar-refractivity contribution in [3.63, 3.8) is 0 Å². The standard InChI is InChI=1S/C20H16FN3O2/c1-11(25)24-17-5-3-2-4-15(17)20(19(24)26)18-13(8-9-22-20)14-10-12(21)6-7-16(14)23-18/h2-7,10,22-23H,8-9H2,1H3. The molecule has 2 N–H and O–H groups in total. The minimum Gasteiger partial charge on any atom is -0.356 e. The SMILES string of the molecule is CC(=O)N1C(=O)C2(NCCc3c2[nH]c2ccc(F)cc32)c2ccccc21. The number of halogens is 1. The molecule has 3 heterocycles. The maximum absolute atomic E-state index is 13.8. The summed E-state index contributed by atoms with van der Waals surface area (Å²) in [4.78, 5) is 30.2. The smallest absolute Gasteiger partial charge is 0.264 e. The predicted octanol–water partition coefficient (Wildman–Crippen LogP) is 2.59. The molecular weight excluding hydrogens is 333 g/mol. The third-order valence-electron chi connectivity index (χ3n) is 5.40. The van der Waals surface area contributed by atoms with Crippen molar-refractivity contribution in [1.82, 2.24) is 10.3 Å². The number of imide groups is 1. The maximum atomic E-state index is 13.8. The number of hydrogen-bond acceptors (Lipinski definition) is 3. The van der Waals surface area contributed by atoms with E-state index < -0.39 is 5.54 Å². The van der Waals surface area contributed by atoms with Gasteiger partial charge >= 0.3 is 0 Å². The monoisotopic (exact) mass is 349 g/mol. The van der Waals surface area contributed by atoms with Crippen LogP contribution < -0.4 is 10.2 Å². The first-order valence-electron chi connectivity index (χ1n) is 8.54. The van der Waals surface area contributed by atoms with Crippen molar-refractivity contribution in [3.8, 4) is 0 Å². The minimum atomic E-state index is -1.15. The van der Waals surface area contributed by atoms with Crippen LogP contribution >= 0.6 is 0 Å². The number of carbonyl (C=O) groups excluding carboxylic acids is 2. The highest BCUT2D eigenvalue weighted by molar-refractivity contribution is 6.23. The molecule has 1 atom stereocenters. The summed E-state index contributed by atoms with van der Waals surface area (Å²) in [5.41, 5.74) is 2.59. The highest BCUT2D eigenvalue weighted by Gasteiger charge is 2.56. The summed E-state index contributed by atoms with van der Waals surface area (Å²) in [5.74, 6) is -0.954. The van der Waals surface area contributed by atoms with Crippen LogP contribution in [0.2, 0.25) is 0 Å². The zero-order valence-corrected chi connectivity index (χ0v) is 14.1. The zero-order chi connectivity index (χ0) is 18.1. The number of aromatic nitrogens is 1. The van der Waals surface area contributed by atoms with Crippen molar-refractivity contribution in [1.29, 1.82) is 0 Å². The third kappa shape index (κ3) is 1.72. The average Bonchev–Trinajstić information content (AvgIpc) is 3.11. The molecule has 2 aliphatic rings. The Morgan fingerprint density at radius 2 is 2.04 bits per heavy atom. The van der Waals surface area contributed by atoms with Crippen molar-refractivity contribution in [2.45, 2.75) is 18.9 Å². The number of anilines is 1. The fraction of sp³-hybridized carbons (Fsp3) is 0.200. The average molecular weight is 349 g/mol. The van der Waals surface area contributed by atoms with Crippen molar-refractivity contribution in [3.05, 3.63) is 65.1 Å². The Balaban J connectivity index is 1.86. The van der Waals surface area contributed by atoms with Gasteiger partial charge in [-0.25, -0.2) is 9.29 Å². The molecule has 3 aromatic rings. The molecule has 2 aromatic carbocycles. The summed E-state index contributed by atoms with van der Waals surface area (Å²) in [7, 11) is 0. The van der Waals surface area contributed by atoms with Gasteiger partial charge in [0.15, 0.2) is 5.54 Å². The van der Waals surface area contributed by atoms with E-state index in [0.717, 1.165) is 22.0 Å². The quantitative estimate of drug-likeness (QED) is 0.656. The summed E-state index contributed by atoms with van der Waals surface area (Å²) in [5, 5.41) is 4.13. The number of aromatic amines is 1. The van der Waals surface area contributed by atoms with Crippen molar-refractivity contribution in [2.75, 3.05) is 11.4 Å². The van der Waals surface area contributed by atoms with Crippen LogP contribution in [0.4, 0.5) is 10.1 Å². The molecule has 2 aliphatic heterocycles. The van der Waals surface area contributed by atoms with Gasteiger partial charge in [-0.3, -0.25) is 14.9 Å². The number of carbonyl (C=O) groups is 2. The van der Waals surface area contributed by atoms with Crippen LogP contribution in [0, 0.1) is 5.82 Å². The highest BCUT2D eigenvalue weighted by Crippen LogP contribution is 2.47. The summed E-state index contributed by atoms with van der Waals surface area (Å²) < 4.78 is 13.8. The molecule has 0 saturated carbocycles. The van der Waals surface area contributed by atoms with Gasteiger partial charge in [-0.2, -0.15) is 0 Å². The molecule has 1 spiro atoms. The molecule has 0 fully saturated rings. The fourth-order valence-corrected chi connectivity index (χ4v) is 4.37. The van der Waals surface area contributed by atoms with Crippen LogP contribution in [0.25, 0.3) is 10.9 Å². The normalized spacial score (nSPS) is 21.3. The first-order valence-corrected chi connectivity index (χ1v) is 8.54. The lowest BCUT2D eigenvalue weighted by molar-refractivity contribution is -0.128. The van der Waals surface area contributed by atoms with Crippen LogP contribution in [0.3, 0.4) is 0 Å². The van der Waals surface area contributed by atoms with Crippen LogP contribution in [0.5, 0.6) is 0 Å². The van der Waals surface area contributed by atoms with Gasteiger partial charge in [0.25, 0.3) is 5.91 Å². The number of nitrogens with zero attached hydrogens (tertiary/aromatic N) is 1. The van der Waals surface area contributed by atoms with Gasteiger partial charge < -0.3 is 4.98 Å². The Morgan fingerprint density at radius 3 is 2.85 bits per heavy atom. The van der Waals surface area contributed by atoms with E-state index >= 15 is 0 Å². The lowest BCUT2D eigenvalue weighted by atomic mass is 9.82. The molecule has 0 radical (unpaired) electrons. The lowest BCUT2D eigenvalue weighted by Gasteiger charge is -2.33. The van der Waals surface area contributed by atoms with Crippen molar-refractivity contribution >= 4 is 28.4 Å². The largest absolute Gasteiger partial charge is 0.356 e. The number of rotatable bonds is 0. The van der Waals surface area contributed by atoms with Crippen LogP contribution in [0.15, 0.2) is 42.5 Å². The molecule has 1 aromatic heterocycles. The van der Waals surface area contributed by atoms with Gasteiger partial charge in [-0.05, 0) is 36.2 Å². The van der Waals surface area contributed by atoms with E-state index in [1.807, 2.05) is 18.2 Å². The van der Waals surface area contributed by atoms with Gasteiger partial charge in [0.1, 0.15) is 5.82 Å². The molecule has 0 bridgehead atoms. The van der Waals surface area contributed by atoms with Crippen LogP contribution in [0.1, 0.15) is 23.7 Å². The number of amides is 2. The Morgan fingerprint density at radius 1 is 1.23 bits per heavy atom. The summed E-state index contributed by atoms with van der Waals surface area (Å²) >= 11 is 0. The number of benzene rings is 2. The second-order valence-corrected chi connectivity index (χ2v) is 6.77. The van der Waals surface area contributed by atoms with Gasteiger partial charge in [-0.1, -0.05) is 18.2 Å². The Labute approximate surface area is 148 Å². The molecule has 26 heavy (non-hydrogen) atoms. The number of H-pyrrole nitrogens is 1. The number of nitrogens with one attached hydrogen (secondary N) is 2. The summed E-state index contributed by atoms with van der Waals surface area (Å²) in [6.45, 7) is 1.94. The topological polar surface area (TPSA) is 65.2 Å². The van der Waals surface area contributed by atoms with E-state index in [1.54, 1.807) is 12.1 Å². The van der Waals surface area contributed by atoms with E-state index in [0.29, 0.717) is 24.3 Å². The number of para-hydroxylation sites is 1. The van der Waals surface area contributed by atoms with E-state index in [4.69, 9.17) is 0 Å². The van der Waals surface area contributed by atoms with E-state index in [1.165, 1.54) is 24.0 Å². The molecule has 0 saturated heterocycles. The van der Waals surface area contributed by atoms with Gasteiger partial charge in [0, 0.05) is 29.9 Å². The molecule has 5 nitrogen and oxygen atoms in total. The van der Waals surface area contributed by atoms with E-state index in [2.05, 4.69) is 10.3 Å². The van der Waals surface area contributed by atoms with Gasteiger partial charge in [0.2, 0.25) is 5.91 Å². The van der Waals surface area contributed by atoms with Gasteiger partial charge in [0.05, 0.1) is 11.4 Å². The number of fused-ring (bicyclic) bond motifs is 6. The first-order chi connectivity index (χ1) is 12.5. The molecule has 0 aliphatic carbocycles. The second kappa shape index (κ2) is 5.02. The molecule has 5 rings (SSSR count). The van der Waals surface area contributed by atoms with Gasteiger partial charge in [-0.15, -0.1) is 0 Å². The molecule has 130 valence electrons. The molecular formula is C20H16FN3O2. The third-order valence-corrected chi connectivity index (χ3v) is 5.40. The van der Waals surface area contributed by atoms with Crippen LogP contribution in [-0.4, -0.2) is 23.3 Å². The number of hydrogen-bond donors (Lipinski definition) is 2.